The van der Waals surface area contributed by atoms with Crippen LogP contribution in [-0.4, -0.2) is 27.3 Å². The van der Waals surface area contributed by atoms with Crippen molar-refractivity contribution in [3.05, 3.63) is 34.8 Å². The first kappa shape index (κ1) is 14.9. The smallest absolute Gasteiger partial charge is 0.325 e. The minimum atomic E-state index is -0.892. The Morgan fingerprint density at radius 3 is 2.48 bits per heavy atom. The number of amides is 2. The molecule has 2 aromatic rings. The summed E-state index contributed by atoms with van der Waals surface area (Å²) >= 11 is 1.32. The Balaban J connectivity index is 1.91. The maximum atomic E-state index is 11.8. The normalized spacial score (nSPS) is 10.1. The van der Waals surface area contributed by atoms with Crippen LogP contribution in [0.25, 0.3) is 0 Å². The topological polar surface area (TPSA) is 104 Å². The number of urea groups is 1. The number of carbonyl (C=O) groups is 2. The van der Waals surface area contributed by atoms with Crippen molar-refractivity contribution in [2.45, 2.75) is 19.8 Å². The Kier molecular flexibility index (Phi) is 4.83. The lowest BCUT2D eigenvalue weighted by atomic mass is 10.1. The summed E-state index contributed by atoms with van der Waals surface area (Å²) in [5.74, 6) is -0.892. The molecule has 0 saturated carbocycles. The van der Waals surface area contributed by atoms with Crippen LogP contribution in [0.15, 0.2) is 24.3 Å². The number of carboxylic acids is 1. The van der Waals surface area contributed by atoms with Crippen molar-refractivity contribution in [1.29, 1.82) is 0 Å². The molecule has 7 nitrogen and oxygen atoms in total. The van der Waals surface area contributed by atoms with E-state index < -0.39 is 12.0 Å². The zero-order chi connectivity index (χ0) is 15.2. The first-order valence-corrected chi connectivity index (χ1v) is 7.09. The summed E-state index contributed by atoms with van der Waals surface area (Å²) in [6.45, 7) is 1.96. The van der Waals surface area contributed by atoms with Gasteiger partial charge in [-0.3, -0.25) is 10.1 Å². The fourth-order valence-corrected chi connectivity index (χ4v) is 2.26. The number of nitrogens with one attached hydrogen (secondary N) is 2. The lowest BCUT2D eigenvalue weighted by molar-refractivity contribution is -0.136. The van der Waals surface area contributed by atoms with Gasteiger partial charge in [0.25, 0.3) is 0 Å². The van der Waals surface area contributed by atoms with Crippen molar-refractivity contribution in [2.75, 3.05) is 10.6 Å². The van der Waals surface area contributed by atoms with Gasteiger partial charge >= 0.3 is 12.0 Å². The third-order valence-electron chi connectivity index (χ3n) is 2.56. The average molecular weight is 306 g/mol. The van der Waals surface area contributed by atoms with E-state index in [1.165, 1.54) is 11.3 Å². The zero-order valence-electron chi connectivity index (χ0n) is 11.3. The van der Waals surface area contributed by atoms with E-state index in [1.54, 1.807) is 24.3 Å². The van der Waals surface area contributed by atoms with Gasteiger partial charge < -0.3 is 10.4 Å². The van der Waals surface area contributed by atoms with Crippen molar-refractivity contribution in [2.24, 2.45) is 0 Å². The molecule has 1 aromatic carbocycles. The van der Waals surface area contributed by atoms with Gasteiger partial charge in [-0.05, 0) is 24.1 Å². The molecule has 0 spiro atoms. The van der Waals surface area contributed by atoms with Gasteiger partial charge in [-0.1, -0.05) is 30.4 Å². The third-order valence-corrected chi connectivity index (χ3v) is 3.54. The van der Waals surface area contributed by atoms with E-state index in [2.05, 4.69) is 20.8 Å². The second kappa shape index (κ2) is 6.80. The van der Waals surface area contributed by atoms with Crippen molar-refractivity contribution in [3.63, 3.8) is 0 Å². The molecule has 110 valence electrons. The summed E-state index contributed by atoms with van der Waals surface area (Å²) in [7, 11) is 0. The van der Waals surface area contributed by atoms with Gasteiger partial charge in [0.2, 0.25) is 5.13 Å². The van der Waals surface area contributed by atoms with Crippen molar-refractivity contribution in [1.82, 2.24) is 10.2 Å². The van der Waals surface area contributed by atoms with Crippen LogP contribution < -0.4 is 10.6 Å². The standard InChI is InChI=1S/C13H14N4O3S/c1-2-10-16-17-13(21-10)15-12(20)14-9-5-3-8(4-6-9)7-11(18)19/h3-6H,2,7H2,1H3,(H,18,19)(H2,14,15,17,20). The largest absolute Gasteiger partial charge is 0.481 e. The fourth-order valence-electron chi connectivity index (χ4n) is 1.59. The quantitative estimate of drug-likeness (QED) is 0.786. The lowest BCUT2D eigenvalue weighted by Crippen LogP contribution is -2.19. The first-order valence-electron chi connectivity index (χ1n) is 6.28. The molecule has 8 heteroatoms. The summed E-state index contributed by atoms with van der Waals surface area (Å²) < 4.78 is 0. The molecule has 21 heavy (non-hydrogen) atoms. The summed E-state index contributed by atoms with van der Waals surface area (Å²) in [6, 6.07) is 6.19. The molecule has 0 fully saturated rings. The number of anilines is 2. The predicted molar refractivity (Wildman–Crippen MR) is 79.7 cm³/mol. The van der Waals surface area contributed by atoms with Crippen LogP contribution in [0.4, 0.5) is 15.6 Å². The minimum Gasteiger partial charge on any atom is -0.481 e. The Bertz CT molecular complexity index is 639. The van der Waals surface area contributed by atoms with Gasteiger partial charge in [0.05, 0.1) is 6.42 Å². The van der Waals surface area contributed by atoms with Crippen LogP contribution >= 0.6 is 11.3 Å². The molecule has 0 saturated heterocycles. The van der Waals surface area contributed by atoms with Crippen LogP contribution in [0.2, 0.25) is 0 Å². The molecule has 0 aliphatic carbocycles. The number of aromatic nitrogens is 2. The molecule has 0 radical (unpaired) electrons. The molecule has 0 bridgehead atoms. The van der Waals surface area contributed by atoms with E-state index in [0.717, 1.165) is 11.4 Å². The lowest BCUT2D eigenvalue weighted by Gasteiger charge is -2.05. The number of aryl methyl sites for hydroxylation is 1. The zero-order valence-corrected chi connectivity index (χ0v) is 12.1. The Labute approximate surface area is 125 Å². The summed E-state index contributed by atoms with van der Waals surface area (Å²) in [5.41, 5.74) is 1.24. The van der Waals surface area contributed by atoms with Crippen LogP contribution in [0.1, 0.15) is 17.5 Å². The molecular formula is C13H14N4O3S. The average Bonchev–Trinajstić information content (AvgIpc) is 2.88. The summed E-state index contributed by atoms with van der Waals surface area (Å²) in [4.78, 5) is 22.3. The van der Waals surface area contributed by atoms with Gasteiger partial charge in [0, 0.05) is 5.69 Å². The number of rotatable bonds is 5. The highest BCUT2D eigenvalue weighted by Crippen LogP contribution is 2.16. The number of hydrogen-bond donors (Lipinski definition) is 3. The van der Waals surface area contributed by atoms with Crippen molar-refractivity contribution >= 4 is 34.2 Å². The van der Waals surface area contributed by atoms with E-state index in [-0.39, 0.29) is 6.42 Å². The summed E-state index contributed by atoms with van der Waals surface area (Å²) in [5, 5.41) is 22.9. The number of hydrogen-bond acceptors (Lipinski definition) is 5. The number of carboxylic acid groups (broad SMARTS) is 1. The molecule has 0 atom stereocenters. The second-order valence-electron chi connectivity index (χ2n) is 4.20. The number of aliphatic carboxylic acids is 1. The SMILES string of the molecule is CCc1nnc(NC(=O)Nc2ccc(CC(=O)O)cc2)s1. The highest BCUT2D eigenvalue weighted by atomic mass is 32.1. The van der Waals surface area contributed by atoms with Gasteiger partial charge in [-0.15, -0.1) is 10.2 Å². The van der Waals surface area contributed by atoms with Crippen LogP contribution in [-0.2, 0) is 17.6 Å². The maximum absolute atomic E-state index is 11.8. The molecule has 0 aliphatic rings. The number of carbonyl (C=O) groups excluding carboxylic acids is 1. The molecule has 3 N–H and O–H groups in total. The molecule has 1 heterocycles. The Hall–Kier alpha value is -2.48. The van der Waals surface area contributed by atoms with E-state index in [4.69, 9.17) is 5.11 Å². The number of benzene rings is 1. The molecule has 1 aromatic heterocycles. The van der Waals surface area contributed by atoms with Crippen LogP contribution in [0, 0.1) is 0 Å². The maximum Gasteiger partial charge on any atom is 0.325 e. The molecule has 0 unspecified atom stereocenters. The van der Waals surface area contributed by atoms with Crippen LogP contribution in [0.3, 0.4) is 0 Å². The summed E-state index contributed by atoms with van der Waals surface area (Å²) in [6.07, 6.45) is 0.725. The van der Waals surface area contributed by atoms with Gasteiger partial charge in [0.1, 0.15) is 5.01 Å². The van der Waals surface area contributed by atoms with Crippen molar-refractivity contribution < 1.29 is 14.7 Å². The number of nitrogens with zero attached hydrogens (tertiary/aromatic N) is 2. The van der Waals surface area contributed by atoms with Gasteiger partial charge in [-0.2, -0.15) is 0 Å². The van der Waals surface area contributed by atoms with Crippen LogP contribution in [0.5, 0.6) is 0 Å². The molecule has 0 aliphatic heterocycles. The highest BCUT2D eigenvalue weighted by Gasteiger charge is 2.07. The fraction of sp³-hybridized carbons (Fsp3) is 0.231. The van der Waals surface area contributed by atoms with E-state index in [1.807, 2.05) is 6.92 Å². The van der Waals surface area contributed by atoms with Crippen molar-refractivity contribution in [3.8, 4) is 0 Å². The molecular weight excluding hydrogens is 292 g/mol. The first-order chi connectivity index (χ1) is 10.1. The molecule has 2 rings (SSSR count). The predicted octanol–water partition coefficient (Wildman–Crippen LogP) is 2.37. The van der Waals surface area contributed by atoms with E-state index in [0.29, 0.717) is 16.4 Å². The van der Waals surface area contributed by atoms with E-state index in [9.17, 15) is 9.59 Å². The Morgan fingerprint density at radius 1 is 1.19 bits per heavy atom. The van der Waals surface area contributed by atoms with E-state index >= 15 is 0 Å². The molecule has 2 amide bonds. The third kappa shape index (κ3) is 4.53. The van der Waals surface area contributed by atoms with Gasteiger partial charge in [-0.25, -0.2) is 4.79 Å². The second-order valence-corrected chi connectivity index (χ2v) is 5.26. The van der Waals surface area contributed by atoms with Gasteiger partial charge in [0.15, 0.2) is 0 Å². The monoisotopic (exact) mass is 306 g/mol. The highest BCUT2D eigenvalue weighted by molar-refractivity contribution is 7.15. The Morgan fingerprint density at radius 2 is 1.90 bits per heavy atom. The minimum absolute atomic E-state index is 0.0446.